The molecule has 8 heteroatoms. The zero-order chi connectivity index (χ0) is 24.1. The van der Waals surface area contributed by atoms with E-state index in [1.165, 1.54) is 16.8 Å². The normalized spacial score (nSPS) is 16.6. The van der Waals surface area contributed by atoms with Gasteiger partial charge in [-0.15, -0.1) is 0 Å². The zero-order valence-corrected chi connectivity index (χ0v) is 19.9. The topological polar surface area (TPSA) is 86.7 Å². The number of hydrogen-bond donors (Lipinski definition) is 1. The number of nitrogens with zero attached hydrogens (tertiary/aromatic N) is 5. The van der Waals surface area contributed by atoms with Gasteiger partial charge in [0.05, 0.1) is 11.3 Å². The highest BCUT2D eigenvalue weighted by Crippen LogP contribution is 2.32. The third-order valence-electron chi connectivity index (χ3n) is 6.14. The van der Waals surface area contributed by atoms with Crippen LogP contribution in [0.3, 0.4) is 0 Å². The molecular weight excluding hydrogens is 456 g/mol. The Balaban J connectivity index is 1.40. The van der Waals surface area contributed by atoms with Crippen molar-refractivity contribution in [1.82, 2.24) is 14.6 Å². The molecule has 35 heavy (non-hydrogen) atoms. The zero-order valence-electron chi connectivity index (χ0n) is 19.1. The first kappa shape index (κ1) is 21.2. The summed E-state index contributed by atoms with van der Waals surface area (Å²) in [6.07, 6.45) is 5.14. The number of carbonyl (C=O) groups excluding carboxylic acids is 1. The van der Waals surface area contributed by atoms with Gasteiger partial charge in [-0.25, -0.2) is 0 Å². The van der Waals surface area contributed by atoms with E-state index in [1.54, 1.807) is 18.5 Å². The van der Waals surface area contributed by atoms with Crippen molar-refractivity contribution in [2.24, 2.45) is 10.1 Å². The van der Waals surface area contributed by atoms with Gasteiger partial charge in [0.2, 0.25) is 5.17 Å². The first-order valence-corrected chi connectivity index (χ1v) is 11.9. The van der Waals surface area contributed by atoms with Crippen molar-refractivity contribution in [2.75, 3.05) is 0 Å². The Morgan fingerprint density at radius 2 is 1.86 bits per heavy atom. The number of amides is 1. The summed E-state index contributed by atoms with van der Waals surface area (Å²) in [5.74, 6) is -0.423. The molecule has 0 unspecified atom stereocenters. The molecule has 0 spiro atoms. The number of nitrogens with one attached hydrogen (secondary N) is 1. The first-order chi connectivity index (χ1) is 17.0. The fraction of sp³-hybridized carbons (Fsp3) is 0.0741. The number of hydrogen-bond acceptors (Lipinski definition) is 5. The molecular formula is C27H20N6OS. The second-order valence-electron chi connectivity index (χ2n) is 8.33. The van der Waals surface area contributed by atoms with Crippen molar-refractivity contribution in [3.63, 3.8) is 0 Å². The standard InChI is InChI=1S/C27H20N6OS/c1-16-13-20(17(2)32(16)23-11-5-8-18-7-3-4-10-21(18)23)14-22-24(28)33-27(30-25(22)34)35-26(31-33)19-9-6-12-29-15-19/h3-15,28H,1-2H3/b22-14-,28-24?. The smallest absolute Gasteiger partial charge is 0.283 e. The van der Waals surface area contributed by atoms with Crippen LogP contribution in [0, 0.1) is 19.3 Å². The number of fused-ring (bicyclic) bond motifs is 2. The summed E-state index contributed by atoms with van der Waals surface area (Å²) in [6, 6.07) is 20.3. The SMILES string of the molecule is Cc1cc(/C=C2/C(=N)N3N=C(c4cccnc4)SC3=NC2=O)c(C)n1-c1cccc2ccccc12. The van der Waals surface area contributed by atoms with Gasteiger partial charge in [-0.2, -0.15) is 15.1 Å². The van der Waals surface area contributed by atoms with Crippen LogP contribution in [0.4, 0.5) is 0 Å². The highest BCUT2D eigenvalue weighted by molar-refractivity contribution is 8.27. The van der Waals surface area contributed by atoms with Crippen molar-refractivity contribution >= 4 is 50.6 Å². The van der Waals surface area contributed by atoms with E-state index in [1.807, 2.05) is 50.2 Å². The largest absolute Gasteiger partial charge is 0.317 e. The Kier molecular flexibility index (Phi) is 4.96. The summed E-state index contributed by atoms with van der Waals surface area (Å²) in [7, 11) is 0. The summed E-state index contributed by atoms with van der Waals surface area (Å²) >= 11 is 1.26. The van der Waals surface area contributed by atoms with E-state index in [4.69, 9.17) is 5.41 Å². The number of amidine groups is 2. The number of benzene rings is 2. The van der Waals surface area contributed by atoms with Crippen molar-refractivity contribution in [3.05, 3.63) is 101 Å². The minimum absolute atomic E-state index is 0.0151. The van der Waals surface area contributed by atoms with E-state index in [9.17, 15) is 4.79 Å². The van der Waals surface area contributed by atoms with Gasteiger partial charge in [0.15, 0.2) is 5.84 Å². The highest BCUT2D eigenvalue weighted by Gasteiger charge is 2.36. The average Bonchev–Trinajstić information content (AvgIpc) is 3.42. The molecule has 0 saturated heterocycles. The van der Waals surface area contributed by atoms with E-state index in [-0.39, 0.29) is 11.4 Å². The third kappa shape index (κ3) is 3.50. The van der Waals surface area contributed by atoms with Crippen LogP contribution in [0.25, 0.3) is 22.5 Å². The number of hydrazone groups is 1. The predicted octanol–water partition coefficient (Wildman–Crippen LogP) is 5.31. The number of rotatable bonds is 3. The van der Waals surface area contributed by atoms with Crippen LogP contribution in [0.15, 0.2) is 88.7 Å². The molecule has 0 bridgehead atoms. The molecule has 1 amide bonds. The number of aryl methyl sites for hydroxylation is 1. The van der Waals surface area contributed by atoms with E-state index in [0.29, 0.717) is 10.2 Å². The van der Waals surface area contributed by atoms with Gasteiger partial charge in [-0.05, 0) is 66.9 Å². The number of aromatic nitrogens is 2. The van der Waals surface area contributed by atoms with Gasteiger partial charge in [-0.3, -0.25) is 15.2 Å². The summed E-state index contributed by atoms with van der Waals surface area (Å²) in [6.45, 7) is 4.07. The summed E-state index contributed by atoms with van der Waals surface area (Å²) in [4.78, 5) is 21.3. The molecule has 2 aliphatic heterocycles. The average molecular weight is 477 g/mol. The summed E-state index contributed by atoms with van der Waals surface area (Å²) in [5, 5.41) is 18.0. The lowest BCUT2D eigenvalue weighted by Crippen LogP contribution is -2.35. The van der Waals surface area contributed by atoms with Crippen LogP contribution in [-0.2, 0) is 4.79 Å². The number of thioether (sulfide) groups is 1. The van der Waals surface area contributed by atoms with Gasteiger partial charge in [0.25, 0.3) is 5.91 Å². The van der Waals surface area contributed by atoms with Gasteiger partial charge in [-0.1, -0.05) is 36.4 Å². The predicted molar refractivity (Wildman–Crippen MR) is 141 cm³/mol. The highest BCUT2D eigenvalue weighted by atomic mass is 32.2. The molecule has 1 N–H and O–H groups in total. The molecule has 2 aromatic carbocycles. The van der Waals surface area contributed by atoms with Gasteiger partial charge < -0.3 is 4.57 Å². The number of carbonyl (C=O) groups is 1. The Morgan fingerprint density at radius 1 is 1.03 bits per heavy atom. The lowest BCUT2D eigenvalue weighted by Gasteiger charge is -2.20. The monoisotopic (exact) mass is 476 g/mol. The Bertz CT molecular complexity index is 1620. The maximum absolute atomic E-state index is 12.9. The van der Waals surface area contributed by atoms with Gasteiger partial charge in [0.1, 0.15) is 5.04 Å². The van der Waals surface area contributed by atoms with Crippen LogP contribution in [0.1, 0.15) is 22.5 Å². The fourth-order valence-corrected chi connectivity index (χ4v) is 5.34. The Hall–Kier alpha value is -4.30. The molecule has 0 atom stereocenters. The van der Waals surface area contributed by atoms with Crippen molar-refractivity contribution in [2.45, 2.75) is 13.8 Å². The Morgan fingerprint density at radius 3 is 2.69 bits per heavy atom. The van der Waals surface area contributed by atoms with Crippen molar-refractivity contribution in [1.29, 1.82) is 5.41 Å². The molecule has 2 aromatic heterocycles. The van der Waals surface area contributed by atoms with Crippen LogP contribution in [0.2, 0.25) is 0 Å². The summed E-state index contributed by atoms with van der Waals surface area (Å²) < 4.78 is 2.19. The molecule has 2 aliphatic rings. The van der Waals surface area contributed by atoms with Gasteiger partial charge in [0, 0.05) is 34.7 Å². The maximum atomic E-state index is 12.9. The lowest BCUT2D eigenvalue weighted by molar-refractivity contribution is -0.114. The minimum Gasteiger partial charge on any atom is -0.317 e. The van der Waals surface area contributed by atoms with Crippen LogP contribution in [-0.4, -0.2) is 36.5 Å². The Labute approximate surface area is 206 Å². The maximum Gasteiger partial charge on any atom is 0.283 e. The molecule has 6 rings (SSSR count). The van der Waals surface area contributed by atoms with E-state index in [0.717, 1.165) is 39.0 Å². The molecule has 0 radical (unpaired) electrons. The molecule has 7 nitrogen and oxygen atoms in total. The van der Waals surface area contributed by atoms with E-state index < -0.39 is 5.91 Å². The van der Waals surface area contributed by atoms with Crippen LogP contribution in [0.5, 0.6) is 0 Å². The molecule has 4 aromatic rings. The first-order valence-electron chi connectivity index (χ1n) is 11.1. The second-order valence-corrected chi connectivity index (χ2v) is 9.28. The van der Waals surface area contributed by atoms with Gasteiger partial charge >= 0.3 is 0 Å². The second kappa shape index (κ2) is 8.18. The molecule has 4 heterocycles. The molecule has 0 fully saturated rings. The molecule has 0 saturated carbocycles. The van der Waals surface area contributed by atoms with Crippen LogP contribution >= 0.6 is 11.8 Å². The van der Waals surface area contributed by atoms with Crippen molar-refractivity contribution in [3.8, 4) is 5.69 Å². The molecule has 0 aliphatic carbocycles. The fourth-order valence-electron chi connectivity index (χ4n) is 4.46. The van der Waals surface area contributed by atoms with Crippen LogP contribution < -0.4 is 0 Å². The lowest BCUT2D eigenvalue weighted by atomic mass is 10.1. The van der Waals surface area contributed by atoms with Crippen molar-refractivity contribution < 1.29 is 4.79 Å². The van der Waals surface area contributed by atoms with E-state index >= 15 is 0 Å². The quantitative estimate of drug-likeness (QED) is 0.406. The third-order valence-corrected chi connectivity index (χ3v) is 7.10. The molecule has 170 valence electrons. The minimum atomic E-state index is -0.439. The van der Waals surface area contributed by atoms with E-state index in [2.05, 4.69) is 43.9 Å². The summed E-state index contributed by atoms with van der Waals surface area (Å²) in [5.41, 5.74) is 5.00. The number of aliphatic imine (C=N–C) groups is 1. The number of pyridine rings is 1.